The Kier molecular flexibility index (Phi) is 4.37. The van der Waals surface area contributed by atoms with Crippen molar-refractivity contribution >= 4 is 27.5 Å². The number of hydrogen-bond acceptors (Lipinski definition) is 5. The molecule has 0 bridgehead atoms. The third-order valence-electron chi connectivity index (χ3n) is 2.88. The normalized spacial score (nSPS) is 14.4. The molecule has 1 aromatic carbocycles. The van der Waals surface area contributed by atoms with Crippen molar-refractivity contribution in [1.82, 2.24) is 15.2 Å². The zero-order valence-electron chi connectivity index (χ0n) is 11.9. The van der Waals surface area contributed by atoms with Gasteiger partial charge in [-0.25, -0.2) is 4.98 Å². The molecule has 6 heteroatoms. The zero-order chi connectivity index (χ0) is 14.8. The van der Waals surface area contributed by atoms with Crippen LogP contribution < -0.4 is 5.32 Å². The number of benzene rings is 1. The smallest absolute Gasteiger partial charge is 0.251 e. The number of likely N-dealkylation sites (N-methyl/N-ethyl adjacent to an activating group) is 1. The summed E-state index contributed by atoms with van der Waals surface area (Å²) in [7, 11) is 3.77. The molecule has 0 aliphatic rings. The van der Waals surface area contributed by atoms with Gasteiger partial charge in [-0.2, -0.15) is 0 Å². The van der Waals surface area contributed by atoms with E-state index >= 15 is 0 Å². The number of carbonyl (C=O) groups excluding carboxylic acids is 1. The summed E-state index contributed by atoms with van der Waals surface area (Å²) in [6.07, 6.45) is 0. The highest BCUT2D eigenvalue weighted by Crippen LogP contribution is 2.19. The summed E-state index contributed by atoms with van der Waals surface area (Å²) < 4.78 is 0.984. The fraction of sp³-hybridized carbons (Fsp3) is 0.429. The van der Waals surface area contributed by atoms with Gasteiger partial charge in [0.25, 0.3) is 5.91 Å². The van der Waals surface area contributed by atoms with E-state index in [2.05, 4.69) is 10.3 Å². The molecule has 0 radical (unpaired) electrons. The highest BCUT2D eigenvalue weighted by Gasteiger charge is 2.22. The summed E-state index contributed by atoms with van der Waals surface area (Å²) in [6.45, 7) is 2.41. The van der Waals surface area contributed by atoms with E-state index < -0.39 is 5.60 Å². The maximum absolute atomic E-state index is 12.1. The summed E-state index contributed by atoms with van der Waals surface area (Å²) in [5, 5.41) is 12.9. The van der Waals surface area contributed by atoms with Crippen LogP contribution >= 0.6 is 11.3 Å². The van der Waals surface area contributed by atoms with Crippen molar-refractivity contribution in [2.75, 3.05) is 27.2 Å². The quantitative estimate of drug-likeness (QED) is 0.873. The molecule has 0 spiro atoms. The predicted molar refractivity (Wildman–Crippen MR) is 81.1 cm³/mol. The van der Waals surface area contributed by atoms with Crippen LogP contribution in [0.15, 0.2) is 23.7 Å². The fourth-order valence-corrected chi connectivity index (χ4v) is 2.82. The second kappa shape index (κ2) is 5.87. The molecule has 2 N–H and O–H groups in total. The predicted octanol–water partition coefficient (Wildman–Crippen LogP) is 1.34. The molecule has 0 saturated heterocycles. The molecule has 1 aromatic heterocycles. The highest BCUT2D eigenvalue weighted by molar-refractivity contribution is 7.16. The van der Waals surface area contributed by atoms with Gasteiger partial charge in [0.15, 0.2) is 0 Å². The first-order valence-corrected chi connectivity index (χ1v) is 7.24. The Morgan fingerprint density at radius 1 is 1.50 bits per heavy atom. The molecule has 0 saturated carbocycles. The van der Waals surface area contributed by atoms with Gasteiger partial charge in [-0.15, -0.1) is 11.3 Å². The maximum Gasteiger partial charge on any atom is 0.251 e. The number of thiazole rings is 1. The Bertz CT molecular complexity index is 607. The monoisotopic (exact) mass is 293 g/mol. The Morgan fingerprint density at radius 3 is 2.95 bits per heavy atom. The minimum atomic E-state index is -0.951. The van der Waals surface area contributed by atoms with Crippen LogP contribution in [0.5, 0.6) is 0 Å². The summed E-state index contributed by atoms with van der Waals surface area (Å²) in [5.74, 6) is -0.181. The first-order valence-electron chi connectivity index (χ1n) is 6.36. The molecule has 2 rings (SSSR count). The summed E-state index contributed by atoms with van der Waals surface area (Å²) in [5.41, 5.74) is 2.29. The number of rotatable bonds is 5. The van der Waals surface area contributed by atoms with E-state index in [4.69, 9.17) is 0 Å². The summed E-state index contributed by atoms with van der Waals surface area (Å²) >= 11 is 1.50. The molecule has 1 heterocycles. The third kappa shape index (κ3) is 3.75. The van der Waals surface area contributed by atoms with Crippen molar-refractivity contribution < 1.29 is 9.90 Å². The van der Waals surface area contributed by atoms with Crippen LogP contribution in [-0.2, 0) is 0 Å². The number of carbonyl (C=O) groups is 1. The third-order valence-corrected chi connectivity index (χ3v) is 3.67. The fourth-order valence-electron chi connectivity index (χ4n) is 2.11. The van der Waals surface area contributed by atoms with Gasteiger partial charge in [0.05, 0.1) is 21.3 Å². The molecule has 5 nitrogen and oxygen atoms in total. The average molecular weight is 293 g/mol. The Morgan fingerprint density at radius 2 is 2.25 bits per heavy atom. The first-order chi connectivity index (χ1) is 9.37. The Hall–Kier alpha value is -1.50. The topological polar surface area (TPSA) is 65.5 Å². The van der Waals surface area contributed by atoms with E-state index in [0.29, 0.717) is 12.1 Å². The molecular formula is C14H19N3O2S. The maximum atomic E-state index is 12.1. The minimum Gasteiger partial charge on any atom is -0.387 e. The number of fused-ring (bicyclic) bond motifs is 1. The van der Waals surface area contributed by atoms with Crippen molar-refractivity contribution in [3.8, 4) is 0 Å². The van der Waals surface area contributed by atoms with Crippen molar-refractivity contribution in [2.45, 2.75) is 12.5 Å². The van der Waals surface area contributed by atoms with E-state index in [-0.39, 0.29) is 12.5 Å². The van der Waals surface area contributed by atoms with Crippen molar-refractivity contribution in [1.29, 1.82) is 0 Å². The van der Waals surface area contributed by atoms with Crippen molar-refractivity contribution in [3.63, 3.8) is 0 Å². The molecule has 0 aliphatic heterocycles. The van der Waals surface area contributed by atoms with Crippen LogP contribution in [0.1, 0.15) is 17.3 Å². The standard InChI is InChI=1S/C14H19N3O2S/c1-14(19,8-17(2)3)7-15-13(18)10-4-5-11-12(6-10)20-9-16-11/h4-6,9,19H,7-8H2,1-3H3,(H,15,18). The van der Waals surface area contributed by atoms with Gasteiger partial charge >= 0.3 is 0 Å². The number of aliphatic hydroxyl groups is 1. The highest BCUT2D eigenvalue weighted by atomic mass is 32.1. The summed E-state index contributed by atoms with van der Waals surface area (Å²) in [6, 6.07) is 5.40. The second-order valence-corrected chi connectivity index (χ2v) is 6.34. The van der Waals surface area contributed by atoms with E-state index in [1.807, 2.05) is 31.1 Å². The number of nitrogens with one attached hydrogen (secondary N) is 1. The Labute approximate surface area is 122 Å². The van der Waals surface area contributed by atoms with Crippen molar-refractivity contribution in [3.05, 3.63) is 29.3 Å². The van der Waals surface area contributed by atoms with Crippen LogP contribution in [-0.4, -0.2) is 53.7 Å². The second-order valence-electron chi connectivity index (χ2n) is 5.45. The van der Waals surface area contributed by atoms with E-state index in [1.165, 1.54) is 11.3 Å². The molecular weight excluding hydrogens is 274 g/mol. The van der Waals surface area contributed by atoms with Gasteiger partial charge in [0, 0.05) is 18.7 Å². The average Bonchev–Trinajstić information content (AvgIpc) is 2.81. The van der Waals surface area contributed by atoms with Crippen LogP contribution in [0.3, 0.4) is 0 Å². The van der Waals surface area contributed by atoms with Crippen LogP contribution in [0.2, 0.25) is 0 Å². The largest absolute Gasteiger partial charge is 0.387 e. The van der Waals surface area contributed by atoms with E-state index in [9.17, 15) is 9.90 Å². The Balaban J connectivity index is 2.01. The summed E-state index contributed by atoms with van der Waals surface area (Å²) in [4.78, 5) is 18.2. The lowest BCUT2D eigenvalue weighted by Crippen LogP contribution is -2.47. The van der Waals surface area contributed by atoms with E-state index in [1.54, 1.807) is 18.5 Å². The lowest BCUT2D eigenvalue weighted by atomic mass is 10.1. The van der Waals surface area contributed by atoms with Crippen LogP contribution in [0, 0.1) is 0 Å². The number of nitrogens with zero attached hydrogens (tertiary/aromatic N) is 2. The van der Waals surface area contributed by atoms with Gasteiger partial charge in [0.2, 0.25) is 0 Å². The number of hydrogen-bond donors (Lipinski definition) is 2. The van der Waals surface area contributed by atoms with Gasteiger partial charge in [-0.1, -0.05) is 0 Å². The van der Waals surface area contributed by atoms with Crippen LogP contribution in [0.25, 0.3) is 10.2 Å². The minimum absolute atomic E-state index is 0.181. The molecule has 1 atom stereocenters. The molecule has 0 fully saturated rings. The van der Waals surface area contributed by atoms with Gasteiger partial charge in [-0.05, 0) is 39.2 Å². The van der Waals surface area contributed by atoms with Gasteiger partial charge in [0.1, 0.15) is 0 Å². The van der Waals surface area contributed by atoms with E-state index in [0.717, 1.165) is 10.2 Å². The van der Waals surface area contributed by atoms with Crippen molar-refractivity contribution in [2.24, 2.45) is 0 Å². The molecule has 108 valence electrons. The lowest BCUT2D eigenvalue weighted by Gasteiger charge is -2.27. The molecule has 20 heavy (non-hydrogen) atoms. The first kappa shape index (κ1) is 14.9. The molecule has 1 amide bonds. The SMILES string of the molecule is CN(C)CC(C)(O)CNC(=O)c1ccc2ncsc2c1. The molecule has 0 aliphatic carbocycles. The van der Waals surface area contributed by atoms with Crippen LogP contribution in [0.4, 0.5) is 0 Å². The zero-order valence-corrected chi connectivity index (χ0v) is 12.7. The molecule has 1 unspecified atom stereocenters. The van der Waals surface area contributed by atoms with Gasteiger partial charge in [-0.3, -0.25) is 4.79 Å². The number of amides is 1. The lowest BCUT2D eigenvalue weighted by molar-refractivity contribution is 0.0326. The number of aromatic nitrogens is 1. The molecule has 2 aromatic rings. The van der Waals surface area contributed by atoms with Gasteiger partial charge < -0.3 is 15.3 Å².